The monoisotopic (exact) mass is 184 g/mol. The Kier molecular flexibility index (Phi) is 3.42. The van der Waals surface area contributed by atoms with Crippen molar-refractivity contribution in [1.29, 1.82) is 0 Å². The van der Waals surface area contributed by atoms with Gasteiger partial charge in [0.15, 0.2) is 0 Å². The molecule has 0 saturated carbocycles. The maximum atomic E-state index is 5.66. The van der Waals surface area contributed by atoms with Crippen molar-refractivity contribution >= 4 is 11.6 Å². The van der Waals surface area contributed by atoms with E-state index in [-0.39, 0.29) is 0 Å². The van der Waals surface area contributed by atoms with Gasteiger partial charge in [-0.15, -0.1) is 11.6 Å². The zero-order valence-corrected chi connectivity index (χ0v) is 8.19. The summed E-state index contributed by atoms with van der Waals surface area (Å²) in [5, 5.41) is 0. The minimum absolute atomic E-state index is 0.639. The second kappa shape index (κ2) is 4.36. The van der Waals surface area contributed by atoms with E-state index in [1.165, 1.54) is 11.1 Å². The van der Waals surface area contributed by atoms with Gasteiger partial charge in [-0.05, 0) is 25.0 Å². The Hall–Kier alpha value is -0.690. The first-order valence-electron chi connectivity index (χ1n) is 3.97. The highest BCUT2D eigenvalue weighted by Gasteiger charge is 2.01. The number of halogens is 1. The number of alkyl halides is 1. The normalized spacial score (nSPS) is 9.92. The number of methoxy groups -OCH3 is 1. The second-order valence-corrected chi connectivity index (χ2v) is 3.13. The zero-order chi connectivity index (χ0) is 8.97. The molecule has 0 aromatic heterocycles. The molecule has 0 amide bonds. The maximum absolute atomic E-state index is 5.66. The largest absolute Gasteiger partial charge is 0.496 e. The molecule has 1 aromatic rings. The summed E-state index contributed by atoms with van der Waals surface area (Å²) in [6.07, 6.45) is 0.867. The van der Waals surface area contributed by atoms with Crippen molar-refractivity contribution in [3.8, 4) is 5.75 Å². The molecule has 0 bridgehead atoms. The Balaban J connectivity index is 2.95. The molecular formula is C10H13ClO. The van der Waals surface area contributed by atoms with E-state index in [0.29, 0.717) is 5.88 Å². The number of ether oxygens (including phenoxy) is 1. The number of hydrogen-bond acceptors (Lipinski definition) is 1. The van der Waals surface area contributed by atoms with E-state index in [2.05, 4.69) is 13.0 Å². The summed E-state index contributed by atoms with van der Waals surface area (Å²) in [5.41, 5.74) is 2.43. The van der Waals surface area contributed by atoms with Gasteiger partial charge in [0.1, 0.15) is 5.75 Å². The smallest absolute Gasteiger partial charge is 0.122 e. The van der Waals surface area contributed by atoms with Crippen LogP contribution >= 0.6 is 11.6 Å². The van der Waals surface area contributed by atoms with Crippen molar-refractivity contribution in [2.24, 2.45) is 0 Å². The Morgan fingerprint density at radius 3 is 2.75 bits per heavy atom. The molecule has 0 spiro atoms. The van der Waals surface area contributed by atoms with Crippen LogP contribution in [0.25, 0.3) is 0 Å². The van der Waals surface area contributed by atoms with Crippen molar-refractivity contribution in [1.82, 2.24) is 0 Å². The molecule has 0 N–H and O–H groups in total. The van der Waals surface area contributed by atoms with Crippen LogP contribution < -0.4 is 4.74 Å². The molecule has 1 aromatic carbocycles. The average Bonchev–Trinajstić information content (AvgIpc) is 2.05. The first-order valence-corrected chi connectivity index (χ1v) is 4.51. The first-order chi connectivity index (χ1) is 5.77. The predicted molar refractivity (Wildman–Crippen MR) is 52.2 cm³/mol. The van der Waals surface area contributed by atoms with Crippen LogP contribution in [0.2, 0.25) is 0 Å². The summed E-state index contributed by atoms with van der Waals surface area (Å²) in [4.78, 5) is 0. The summed E-state index contributed by atoms with van der Waals surface area (Å²) in [6.45, 7) is 2.07. The Labute approximate surface area is 78.3 Å². The molecule has 1 rings (SSSR count). The van der Waals surface area contributed by atoms with Gasteiger partial charge in [0, 0.05) is 5.88 Å². The van der Waals surface area contributed by atoms with Crippen molar-refractivity contribution in [2.45, 2.75) is 13.3 Å². The molecule has 0 saturated heterocycles. The molecule has 0 aliphatic carbocycles. The van der Waals surface area contributed by atoms with Crippen LogP contribution in [0.3, 0.4) is 0 Å². The predicted octanol–water partition coefficient (Wildman–Crippen LogP) is 2.78. The van der Waals surface area contributed by atoms with Gasteiger partial charge in [0.2, 0.25) is 0 Å². The Morgan fingerprint density at radius 2 is 2.17 bits per heavy atom. The Morgan fingerprint density at radius 1 is 1.42 bits per heavy atom. The third-order valence-corrected chi connectivity index (χ3v) is 1.99. The SMILES string of the molecule is COc1ccc(C)cc1CCCl. The van der Waals surface area contributed by atoms with Crippen LogP contribution in [0, 0.1) is 6.92 Å². The molecule has 66 valence electrons. The molecule has 0 heterocycles. The fourth-order valence-corrected chi connectivity index (χ4v) is 1.41. The second-order valence-electron chi connectivity index (χ2n) is 2.75. The average molecular weight is 185 g/mol. The lowest BCUT2D eigenvalue weighted by molar-refractivity contribution is 0.410. The lowest BCUT2D eigenvalue weighted by Gasteiger charge is -2.07. The molecule has 0 radical (unpaired) electrons. The lowest BCUT2D eigenvalue weighted by Crippen LogP contribution is -1.93. The van der Waals surface area contributed by atoms with Crippen molar-refractivity contribution in [2.75, 3.05) is 13.0 Å². The molecule has 0 aliphatic heterocycles. The summed E-state index contributed by atoms with van der Waals surface area (Å²) in [5.74, 6) is 1.57. The fraction of sp³-hybridized carbons (Fsp3) is 0.400. The van der Waals surface area contributed by atoms with Crippen LogP contribution in [-0.4, -0.2) is 13.0 Å². The van der Waals surface area contributed by atoms with Crippen LogP contribution in [0.5, 0.6) is 5.75 Å². The highest BCUT2D eigenvalue weighted by Crippen LogP contribution is 2.20. The fourth-order valence-electron chi connectivity index (χ4n) is 1.20. The highest BCUT2D eigenvalue weighted by atomic mass is 35.5. The third kappa shape index (κ3) is 2.15. The standard InChI is InChI=1S/C10H13ClO/c1-8-3-4-10(12-2)9(7-8)5-6-11/h3-4,7H,5-6H2,1-2H3. The van der Waals surface area contributed by atoms with Gasteiger partial charge in [0.05, 0.1) is 7.11 Å². The Bertz CT molecular complexity index is 258. The zero-order valence-electron chi connectivity index (χ0n) is 7.43. The summed E-state index contributed by atoms with van der Waals surface area (Å²) < 4.78 is 5.19. The number of rotatable bonds is 3. The summed E-state index contributed by atoms with van der Waals surface area (Å²) >= 11 is 5.66. The molecular weight excluding hydrogens is 172 g/mol. The van der Waals surface area contributed by atoms with Crippen molar-refractivity contribution in [3.05, 3.63) is 29.3 Å². The molecule has 0 fully saturated rings. The van der Waals surface area contributed by atoms with Crippen LogP contribution in [0.1, 0.15) is 11.1 Å². The van der Waals surface area contributed by atoms with E-state index in [1.54, 1.807) is 7.11 Å². The van der Waals surface area contributed by atoms with Gasteiger partial charge in [0.25, 0.3) is 0 Å². The third-order valence-electron chi connectivity index (χ3n) is 1.80. The van der Waals surface area contributed by atoms with Crippen LogP contribution in [-0.2, 0) is 6.42 Å². The van der Waals surface area contributed by atoms with Crippen molar-refractivity contribution in [3.63, 3.8) is 0 Å². The van der Waals surface area contributed by atoms with E-state index < -0.39 is 0 Å². The maximum Gasteiger partial charge on any atom is 0.122 e. The minimum Gasteiger partial charge on any atom is -0.496 e. The molecule has 0 atom stereocenters. The molecule has 2 heteroatoms. The van der Waals surface area contributed by atoms with Gasteiger partial charge in [-0.2, -0.15) is 0 Å². The topological polar surface area (TPSA) is 9.23 Å². The minimum atomic E-state index is 0.639. The van der Waals surface area contributed by atoms with E-state index in [4.69, 9.17) is 16.3 Å². The summed E-state index contributed by atoms with van der Waals surface area (Å²) in [6, 6.07) is 6.13. The van der Waals surface area contributed by atoms with Crippen molar-refractivity contribution < 1.29 is 4.74 Å². The van der Waals surface area contributed by atoms with Gasteiger partial charge < -0.3 is 4.74 Å². The first kappa shape index (κ1) is 9.40. The van der Waals surface area contributed by atoms with Gasteiger partial charge in [-0.25, -0.2) is 0 Å². The lowest BCUT2D eigenvalue weighted by atomic mass is 10.1. The van der Waals surface area contributed by atoms with E-state index in [9.17, 15) is 0 Å². The highest BCUT2D eigenvalue weighted by molar-refractivity contribution is 6.18. The number of benzene rings is 1. The van der Waals surface area contributed by atoms with Crippen LogP contribution in [0.15, 0.2) is 18.2 Å². The summed E-state index contributed by atoms with van der Waals surface area (Å²) in [7, 11) is 1.68. The van der Waals surface area contributed by atoms with Gasteiger partial charge >= 0.3 is 0 Å². The van der Waals surface area contributed by atoms with E-state index in [0.717, 1.165) is 12.2 Å². The number of aryl methyl sites for hydroxylation is 2. The van der Waals surface area contributed by atoms with Crippen LogP contribution in [0.4, 0.5) is 0 Å². The molecule has 1 nitrogen and oxygen atoms in total. The van der Waals surface area contributed by atoms with E-state index in [1.807, 2.05) is 12.1 Å². The molecule has 12 heavy (non-hydrogen) atoms. The van der Waals surface area contributed by atoms with Gasteiger partial charge in [-0.1, -0.05) is 17.7 Å². The number of hydrogen-bond donors (Lipinski definition) is 0. The van der Waals surface area contributed by atoms with E-state index >= 15 is 0 Å². The van der Waals surface area contributed by atoms with Gasteiger partial charge in [-0.3, -0.25) is 0 Å². The molecule has 0 unspecified atom stereocenters. The quantitative estimate of drug-likeness (QED) is 0.657. The molecule has 0 aliphatic rings.